The highest BCUT2D eigenvalue weighted by molar-refractivity contribution is 7.91. The van der Waals surface area contributed by atoms with Gasteiger partial charge < -0.3 is 5.32 Å². The predicted octanol–water partition coefficient (Wildman–Crippen LogP) is 1.46. The van der Waals surface area contributed by atoms with E-state index in [1.54, 1.807) is 30.1 Å². The highest BCUT2D eigenvalue weighted by Crippen LogP contribution is 2.20. The summed E-state index contributed by atoms with van der Waals surface area (Å²) in [6.45, 7) is 3.96. The summed E-state index contributed by atoms with van der Waals surface area (Å²) in [6, 6.07) is 3.51. The molecule has 0 fully saturated rings. The minimum Gasteiger partial charge on any atom is -0.313 e. The summed E-state index contributed by atoms with van der Waals surface area (Å²) >= 11 is 1.24. The zero-order valence-electron chi connectivity index (χ0n) is 12.2. The molecule has 0 aromatic carbocycles. The number of nitrogens with zero attached hydrogens (tertiary/aromatic N) is 2. The third-order valence-electron chi connectivity index (χ3n) is 3.02. The Labute approximate surface area is 129 Å². The van der Waals surface area contributed by atoms with Crippen LogP contribution in [0.15, 0.2) is 27.9 Å². The van der Waals surface area contributed by atoms with Crippen molar-refractivity contribution in [3.05, 3.63) is 35.0 Å². The van der Waals surface area contributed by atoms with E-state index in [1.165, 1.54) is 11.3 Å². The Morgan fingerprint density at radius 2 is 2.19 bits per heavy atom. The molecule has 21 heavy (non-hydrogen) atoms. The van der Waals surface area contributed by atoms with E-state index < -0.39 is 10.0 Å². The molecule has 0 aliphatic rings. The van der Waals surface area contributed by atoms with Crippen LogP contribution >= 0.6 is 11.3 Å². The van der Waals surface area contributed by atoms with Gasteiger partial charge >= 0.3 is 0 Å². The SMILES string of the molecule is CCCNCc1csc(S(=O)(=O)NCc2ccnn2C)c1. The van der Waals surface area contributed by atoms with Gasteiger partial charge in [0.25, 0.3) is 0 Å². The third-order valence-corrected chi connectivity index (χ3v) is 5.91. The first-order valence-corrected chi connectivity index (χ1v) is 9.14. The molecule has 0 bridgehead atoms. The molecule has 0 amide bonds. The van der Waals surface area contributed by atoms with Crippen LogP contribution in [0.4, 0.5) is 0 Å². The van der Waals surface area contributed by atoms with Crippen molar-refractivity contribution < 1.29 is 8.42 Å². The molecule has 0 saturated carbocycles. The van der Waals surface area contributed by atoms with Gasteiger partial charge in [0.15, 0.2) is 0 Å². The molecule has 8 heteroatoms. The molecule has 0 atom stereocenters. The zero-order valence-corrected chi connectivity index (χ0v) is 13.8. The van der Waals surface area contributed by atoms with Crippen molar-refractivity contribution in [2.24, 2.45) is 7.05 Å². The molecule has 0 radical (unpaired) electrons. The monoisotopic (exact) mass is 328 g/mol. The third kappa shape index (κ3) is 4.37. The molecular formula is C13H20N4O2S2. The molecule has 0 aliphatic carbocycles. The minimum absolute atomic E-state index is 0.236. The summed E-state index contributed by atoms with van der Waals surface area (Å²) in [5.41, 5.74) is 1.81. The van der Waals surface area contributed by atoms with Crippen LogP contribution in [0.25, 0.3) is 0 Å². The maximum Gasteiger partial charge on any atom is 0.250 e. The molecule has 0 aliphatic heterocycles. The van der Waals surface area contributed by atoms with Gasteiger partial charge in [-0.1, -0.05) is 6.92 Å². The first-order valence-electron chi connectivity index (χ1n) is 6.77. The molecule has 2 heterocycles. The van der Waals surface area contributed by atoms with E-state index in [0.717, 1.165) is 24.2 Å². The van der Waals surface area contributed by atoms with Gasteiger partial charge in [-0.05, 0) is 36.0 Å². The van der Waals surface area contributed by atoms with Crippen molar-refractivity contribution in [2.75, 3.05) is 6.54 Å². The second-order valence-corrected chi connectivity index (χ2v) is 7.63. The molecule has 0 unspecified atom stereocenters. The van der Waals surface area contributed by atoms with E-state index in [0.29, 0.717) is 10.8 Å². The van der Waals surface area contributed by atoms with Crippen molar-refractivity contribution >= 4 is 21.4 Å². The fourth-order valence-electron chi connectivity index (χ4n) is 1.81. The molecule has 2 N–H and O–H groups in total. The largest absolute Gasteiger partial charge is 0.313 e. The Kier molecular flexibility index (Phi) is 5.51. The standard InChI is InChI=1S/C13H20N4O2S2/c1-3-5-14-8-11-7-13(20-10-11)21(18,19)16-9-12-4-6-15-17(12)2/h4,6-7,10,14,16H,3,5,8-9H2,1-2H3. The highest BCUT2D eigenvalue weighted by Gasteiger charge is 2.17. The number of aromatic nitrogens is 2. The van der Waals surface area contributed by atoms with E-state index in [-0.39, 0.29) is 6.54 Å². The first kappa shape index (κ1) is 16.2. The van der Waals surface area contributed by atoms with Crippen LogP contribution < -0.4 is 10.0 Å². The average molecular weight is 328 g/mol. The van der Waals surface area contributed by atoms with Crippen LogP contribution in [0, 0.1) is 0 Å². The summed E-state index contributed by atoms with van der Waals surface area (Å²) < 4.78 is 29.1. The smallest absolute Gasteiger partial charge is 0.250 e. The lowest BCUT2D eigenvalue weighted by molar-refractivity contribution is 0.579. The summed E-state index contributed by atoms with van der Waals surface area (Å²) in [5.74, 6) is 0. The number of aryl methyl sites for hydroxylation is 1. The summed E-state index contributed by atoms with van der Waals surface area (Å²) in [5, 5.41) is 9.15. The van der Waals surface area contributed by atoms with Gasteiger partial charge in [-0.25, -0.2) is 13.1 Å². The number of hydrogen-bond acceptors (Lipinski definition) is 5. The molecule has 2 rings (SSSR count). The first-order chi connectivity index (χ1) is 10.0. The van der Waals surface area contributed by atoms with E-state index in [9.17, 15) is 8.42 Å². The van der Waals surface area contributed by atoms with Crippen molar-refractivity contribution in [1.29, 1.82) is 0 Å². The molecule has 2 aromatic heterocycles. The predicted molar refractivity (Wildman–Crippen MR) is 83.6 cm³/mol. The van der Waals surface area contributed by atoms with Crippen LogP contribution in [0.3, 0.4) is 0 Å². The number of hydrogen-bond donors (Lipinski definition) is 2. The number of thiophene rings is 1. The lowest BCUT2D eigenvalue weighted by atomic mass is 10.3. The second-order valence-electron chi connectivity index (χ2n) is 4.72. The molecule has 6 nitrogen and oxygen atoms in total. The Morgan fingerprint density at radius 1 is 1.38 bits per heavy atom. The van der Waals surface area contributed by atoms with Crippen LogP contribution in [0.1, 0.15) is 24.6 Å². The van der Waals surface area contributed by atoms with E-state index >= 15 is 0 Å². The number of nitrogens with one attached hydrogen (secondary N) is 2. The molecule has 2 aromatic rings. The normalized spacial score (nSPS) is 11.9. The number of sulfonamides is 1. The van der Waals surface area contributed by atoms with Gasteiger partial charge in [0.1, 0.15) is 4.21 Å². The van der Waals surface area contributed by atoms with Crippen LogP contribution in [-0.4, -0.2) is 24.7 Å². The van der Waals surface area contributed by atoms with Gasteiger partial charge in [0.2, 0.25) is 10.0 Å². The lowest BCUT2D eigenvalue weighted by Gasteiger charge is -2.05. The van der Waals surface area contributed by atoms with E-state index in [2.05, 4.69) is 22.1 Å². The fraction of sp³-hybridized carbons (Fsp3) is 0.462. The highest BCUT2D eigenvalue weighted by atomic mass is 32.2. The van der Waals surface area contributed by atoms with E-state index in [1.807, 2.05) is 5.38 Å². The zero-order chi connectivity index (χ0) is 15.3. The lowest BCUT2D eigenvalue weighted by Crippen LogP contribution is -2.23. The Balaban J connectivity index is 1.97. The summed E-state index contributed by atoms with van der Waals surface area (Å²) in [6.07, 6.45) is 2.70. The van der Waals surface area contributed by atoms with Crippen LogP contribution in [-0.2, 0) is 30.2 Å². The van der Waals surface area contributed by atoms with Crippen LogP contribution in [0.2, 0.25) is 0 Å². The Bertz CT molecular complexity index is 676. The quantitative estimate of drug-likeness (QED) is 0.719. The summed E-state index contributed by atoms with van der Waals surface area (Å²) in [7, 11) is -1.68. The van der Waals surface area contributed by atoms with Crippen molar-refractivity contribution in [2.45, 2.75) is 30.6 Å². The topological polar surface area (TPSA) is 76.0 Å². The fourth-order valence-corrected chi connectivity index (χ4v) is 4.06. The van der Waals surface area contributed by atoms with Crippen LogP contribution in [0.5, 0.6) is 0 Å². The van der Waals surface area contributed by atoms with Gasteiger partial charge in [-0.15, -0.1) is 11.3 Å². The van der Waals surface area contributed by atoms with Gasteiger partial charge in [0, 0.05) is 19.8 Å². The average Bonchev–Trinajstić information content (AvgIpc) is 3.06. The molecule has 0 spiro atoms. The summed E-state index contributed by atoms with van der Waals surface area (Å²) in [4.78, 5) is 0. The van der Waals surface area contributed by atoms with Gasteiger partial charge in [0.05, 0.1) is 12.2 Å². The minimum atomic E-state index is -3.46. The molecule has 0 saturated heterocycles. The maximum absolute atomic E-state index is 12.2. The van der Waals surface area contributed by atoms with Crippen molar-refractivity contribution in [1.82, 2.24) is 19.8 Å². The van der Waals surface area contributed by atoms with E-state index in [4.69, 9.17) is 0 Å². The second kappa shape index (κ2) is 7.17. The van der Waals surface area contributed by atoms with Crippen molar-refractivity contribution in [3.63, 3.8) is 0 Å². The maximum atomic E-state index is 12.2. The number of rotatable bonds is 8. The Morgan fingerprint density at radius 3 is 2.86 bits per heavy atom. The molecular weight excluding hydrogens is 308 g/mol. The van der Waals surface area contributed by atoms with Crippen molar-refractivity contribution in [3.8, 4) is 0 Å². The van der Waals surface area contributed by atoms with Gasteiger partial charge in [-0.2, -0.15) is 5.10 Å². The Hall–Kier alpha value is -1.22. The van der Waals surface area contributed by atoms with Gasteiger partial charge in [-0.3, -0.25) is 4.68 Å². The molecule has 116 valence electrons.